The fraction of sp³-hybridized carbons (Fsp3) is 0.500. The van der Waals surface area contributed by atoms with E-state index in [1.807, 2.05) is 13.8 Å². The second kappa shape index (κ2) is 6.67. The van der Waals surface area contributed by atoms with E-state index in [2.05, 4.69) is 10.0 Å². The van der Waals surface area contributed by atoms with Crippen LogP contribution in [0.15, 0.2) is 23.1 Å². The Bertz CT molecular complexity index is 582. The molecule has 0 aliphatic rings. The minimum atomic E-state index is -3.75. The molecule has 0 atom stereocenters. The molecule has 0 unspecified atom stereocenters. The molecule has 8 heteroatoms. The summed E-state index contributed by atoms with van der Waals surface area (Å²) < 4.78 is 26.9. The van der Waals surface area contributed by atoms with Crippen LogP contribution in [0.2, 0.25) is 0 Å². The van der Waals surface area contributed by atoms with Crippen LogP contribution in [0.4, 0.5) is 11.4 Å². The highest BCUT2D eigenvalue weighted by Crippen LogP contribution is 2.27. The second-order valence-electron chi connectivity index (χ2n) is 4.32. The van der Waals surface area contributed by atoms with E-state index in [0.29, 0.717) is 12.8 Å². The number of anilines is 1. The summed E-state index contributed by atoms with van der Waals surface area (Å²) in [6, 6.07) is 3.63. The number of hydrogen-bond donors (Lipinski definition) is 2. The normalized spacial score (nSPS) is 11.6. The van der Waals surface area contributed by atoms with Crippen LogP contribution in [0.1, 0.15) is 26.7 Å². The van der Waals surface area contributed by atoms with Crippen LogP contribution in [0.5, 0.6) is 0 Å². The molecule has 0 heterocycles. The lowest BCUT2D eigenvalue weighted by atomic mass is 10.2. The van der Waals surface area contributed by atoms with Crippen molar-refractivity contribution in [3.63, 3.8) is 0 Å². The monoisotopic (exact) mass is 301 g/mol. The fourth-order valence-electron chi connectivity index (χ4n) is 1.78. The lowest BCUT2D eigenvalue weighted by Crippen LogP contribution is -2.33. The molecular weight excluding hydrogens is 282 g/mol. The molecule has 0 spiro atoms. The molecule has 0 fully saturated rings. The Kier molecular flexibility index (Phi) is 5.46. The van der Waals surface area contributed by atoms with Crippen LogP contribution in [-0.2, 0) is 10.0 Å². The lowest BCUT2D eigenvalue weighted by Gasteiger charge is -2.15. The average Bonchev–Trinajstić information content (AvgIpc) is 2.43. The molecule has 112 valence electrons. The maximum atomic E-state index is 12.2. The molecule has 7 nitrogen and oxygen atoms in total. The molecule has 0 aromatic heterocycles. The van der Waals surface area contributed by atoms with Crippen molar-refractivity contribution in [2.24, 2.45) is 0 Å². The van der Waals surface area contributed by atoms with Gasteiger partial charge in [-0.05, 0) is 25.0 Å². The largest absolute Gasteiger partial charge is 0.383 e. The first-order valence-electron chi connectivity index (χ1n) is 6.34. The molecule has 0 saturated carbocycles. The van der Waals surface area contributed by atoms with Crippen molar-refractivity contribution in [1.82, 2.24) is 4.72 Å². The predicted octanol–water partition coefficient (Wildman–Crippen LogP) is 2.10. The highest BCUT2D eigenvalue weighted by Gasteiger charge is 2.22. The quantitative estimate of drug-likeness (QED) is 0.593. The summed E-state index contributed by atoms with van der Waals surface area (Å²) in [5.74, 6) is 0. The number of nitrogens with zero attached hydrogens (tertiary/aromatic N) is 1. The predicted molar refractivity (Wildman–Crippen MR) is 77.3 cm³/mol. The molecule has 1 aromatic rings. The van der Waals surface area contributed by atoms with Gasteiger partial charge in [-0.1, -0.05) is 13.8 Å². The first kappa shape index (κ1) is 16.4. The Morgan fingerprint density at radius 1 is 1.30 bits per heavy atom. The summed E-state index contributed by atoms with van der Waals surface area (Å²) in [7, 11) is -2.21. The summed E-state index contributed by atoms with van der Waals surface area (Å²) in [5.41, 5.74) is 0.0106. The maximum absolute atomic E-state index is 12.2. The van der Waals surface area contributed by atoms with Gasteiger partial charge in [-0.25, -0.2) is 13.1 Å². The molecule has 0 aliphatic heterocycles. The maximum Gasteiger partial charge on any atom is 0.293 e. The van der Waals surface area contributed by atoms with Gasteiger partial charge in [0.15, 0.2) is 0 Å². The molecule has 20 heavy (non-hydrogen) atoms. The highest BCUT2D eigenvalue weighted by molar-refractivity contribution is 7.89. The van der Waals surface area contributed by atoms with Crippen molar-refractivity contribution in [3.05, 3.63) is 28.3 Å². The number of benzene rings is 1. The topological polar surface area (TPSA) is 101 Å². The number of nitro groups is 1. The van der Waals surface area contributed by atoms with E-state index in [-0.39, 0.29) is 22.3 Å². The smallest absolute Gasteiger partial charge is 0.293 e. The summed E-state index contributed by atoms with van der Waals surface area (Å²) >= 11 is 0. The zero-order chi connectivity index (χ0) is 15.3. The van der Waals surface area contributed by atoms with Crippen molar-refractivity contribution in [3.8, 4) is 0 Å². The average molecular weight is 301 g/mol. The van der Waals surface area contributed by atoms with Crippen molar-refractivity contribution >= 4 is 21.4 Å². The lowest BCUT2D eigenvalue weighted by molar-refractivity contribution is -0.384. The zero-order valence-electron chi connectivity index (χ0n) is 11.7. The molecule has 0 aliphatic carbocycles. The van der Waals surface area contributed by atoms with Gasteiger partial charge < -0.3 is 5.32 Å². The van der Waals surface area contributed by atoms with Crippen molar-refractivity contribution in [1.29, 1.82) is 0 Å². The number of nitrogens with one attached hydrogen (secondary N) is 2. The van der Waals surface area contributed by atoms with Crippen LogP contribution >= 0.6 is 0 Å². The minimum absolute atomic E-state index is 0.102. The van der Waals surface area contributed by atoms with Gasteiger partial charge in [0.25, 0.3) is 5.69 Å². The van der Waals surface area contributed by atoms with Crippen molar-refractivity contribution < 1.29 is 13.3 Å². The molecule has 0 radical (unpaired) electrons. The van der Waals surface area contributed by atoms with E-state index < -0.39 is 14.9 Å². The van der Waals surface area contributed by atoms with E-state index >= 15 is 0 Å². The van der Waals surface area contributed by atoms with Gasteiger partial charge in [-0.2, -0.15) is 0 Å². The van der Waals surface area contributed by atoms with E-state index in [0.717, 1.165) is 6.07 Å². The van der Waals surface area contributed by atoms with Crippen LogP contribution < -0.4 is 10.0 Å². The van der Waals surface area contributed by atoms with E-state index in [1.54, 1.807) is 7.05 Å². The third-order valence-corrected chi connectivity index (χ3v) is 4.57. The zero-order valence-corrected chi connectivity index (χ0v) is 12.5. The van der Waals surface area contributed by atoms with E-state index in [1.165, 1.54) is 12.1 Å². The van der Waals surface area contributed by atoms with Gasteiger partial charge >= 0.3 is 0 Å². The third kappa shape index (κ3) is 3.67. The molecule has 0 bridgehead atoms. The number of nitro benzene ring substituents is 1. The molecule has 1 rings (SSSR count). The Balaban J connectivity index is 3.19. The SMILES string of the molecule is CCC(CC)NS(=O)(=O)c1ccc(NC)c([N+](=O)[O-])c1. The Morgan fingerprint density at radius 2 is 1.90 bits per heavy atom. The Labute approximate surface area is 118 Å². The fourth-order valence-corrected chi connectivity index (χ4v) is 3.21. The summed E-state index contributed by atoms with van der Waals surface area (Å²) in [6.45, 7) is 3.76. The van der Waals surface area contributed by atoms with Gasteiger partial charge in [-0.3, -0.25) is 10.1 Å². The molecule has 0 saturated heterocycles. The van der Waals surface area contributed by atoms with Gasteiger partial charge in [-0.15, -0.1) is 0 Å². The van der Waals surface area contributed by atoms with E-state index in [9.17, 15) is 18.5 Å². The Hall–Kier alpha value is -1.67. The van der Waals surface area contributed by atoms with Crippen molar-refractivity contribution in [2.45, 2.75) is 37.6 Å². The summed E-state index contributed by atoms with van der Waals surface area (Å²) in [5, 5.41) is 13.6. The molecule has 2 N–H and O–H groups in total. The Morgan fingerprint density at radius 3 is 2.35 bits per heavy atom. The second-order valence-corrected chi connectivity index (χ2v) is 6.03. The highest BCUT2D eigenvalue weighted by atomic mass is 32.2. The van der Waals surface area contributed by atoms with Gasteiger partial charge in [0, 0.05) is 19.2 Å². The molecular formula is C12H19N3O4S. The molecule has 0 amide bonds. The van der Waals surface area contributed by atoms with Gasteiger partial charge in [0.05, 0.1) is 9.82 Å². The van der Waals surface area contributed by atoms with Crippen LogP contribution in [0, 0.1) is 10.1 Å². The minimum Gasteiger partial charge on any atom is -0.383 e. The first-order chi connectivity index (χ1) is 9.35. The number of hydrogen-bond acceptors (Lipinski definition) is 5. The summed E-state index contributed by atoms with van der Waals surface area (Å²) in [6.07, 6.45) is 1.32. The standard InChI is InChI=1S/C12H19N3O4S/c1-4-9(5-2)14-20(18,19)10-6-7-11(13-3)12(8-10)15(16)17/h6-9,13-14H,4-5H2,1-3H3. The van der Waals surface area contributed by atoms with Gasteiger partial charge in [0.2, 0.25) is 10.0 Å². The van der Waals surface area contributed by atoms with Gasteiger partial charge in [0.1, 0.15) is 5.69 Å². The third-order valence-electron chi connectivity index (χ3n) is 3.05. The van der Waals surface area contributed by atoms with Crippen LogP contribution in [0.3, 0.4) is 0 Å². The first-order valence-corrected chi connectivity index (χ1v) is 7.82. The molecule has 1 aromatic carbocycles. The number of rotatable bonds is 7. The van der Waals surface area contributed by atoms with E-state index in [4.69, 9.17) is 0 Å². The van der Waals surface area contributed by atoms with Crippen molar-refractivity contribution in [2.75, 3.05) is 12.4 Å². The van der Waals surface area contributed by atoms with Crippen LogP contribution in [-0.4, -0.2) is 26.4 Å². The number of sulfonamides is 1. The van der Waals surface area contributed by atoms with Crippen LogP contribution in [0.25, 0.3) is 0 Å². The summed E-state index contributed by atoms with van der Waals surface area (Å²) in [4.78, 5) is 10.2.